The van der Waals surface area contributed by atoms with Crippen molar-refractivity contribution in [2.45, 2.75) is 12.5 Å². The summed E-state index contributed by atoms with van der Waals surface area (Å²) < 4.78 is 5.57. The fourth-order valence-electron chi connectivity index (χ4n) is 2.63. The molecule has 0 bridgehead atoms. The standard InChI is InChI=1S/C18H19N3O3/c19-13-7-5-12(6-8-13)18(23)20-11-17(22)21-15-9-10-24-16-4-2-1-3-14(15)16/h1-8,15H,9-11,19H2,(H,20,23)(H,21,22)/t15-/m1/s1. The summed E-state index contributed by atoms with van der Waals surface area (Å²) in [6.45, 7) is 0.475. The number of anilines is 1. The molecule has 1 atom stereocenters. The predicted octanol–water partition coefficient (Wildman–Crippen LogP) is 1.64. The highest BCUT2D eigenvalue weighted by molar-refractivity contribution is 5.96. The van der Waals surface area contributed by atoms with Crippen molar-refractivity contribution >= 4 is 17.5 Å². The van der Waals surface area contributed by atoms with Gasteiger partial charge in [0.2, 0.25) is 5.91 Å². The third-order valence-electron chi connectivity index (χ3n) is 3.88. The van der Waals surface area contributed by atoms with Crippen LogP contribution in [-0.2, 0) is 4.79 Å². The van der Waals surface area contributed by atoms with E-state index in [0.717, 1.165) is 11.3 Å². The van der Waals surface area contributed by atoms with Crippen LogP contribution in [0.25, 0.3) is 0 Å². The average molecular weight is 325 g/mol. The maximum Gasteiger partial charge on any atom is 0.251 e. The molecule has 4 N–H and O–H groups in total. The molecule has 2 amide bonds. The van der Waals surface area contributed by atoms with Crippen molar-refractivity contribution in [2.75, 3.05) is 18.9 Å². The van der Waals surface area contributed by atoms with Gasteiger partial charge < -0.3 is 21.1 Å². The molecule has 2 aromatic carbocycles. The van der Waals surface area contributed by atoms with Crippen LogP contribution in [0.1, 0.15) is 28.4 Å². The van der Waals surface area contributed by atoms with Crippen LogP contribution in [-0.4, -0.2) is 25.0 Å². The Bertz CT molecular complexity index is 743. The fraction of sp³-hybridized carbons (Fsp3) is 0.222. The van der Waals surface area contributed by atoms with Crippen LogP contribution in [0, 0.1) is 0 Å². The molecule has 2 aromatic rings. The zero-order chi connectivity index (χ0) is 16.9. The molecular weight excluding hydrogens is 306 g/mol. The summed E-state index contributed by atoms with van der Waals surface area (Å²) in [6.07, 6.45) is 0.703. The lowest BCUT2D eigenvalue weighted by atomic mass is 10.0. The second-order valence-electron chi connectivity index (χ2n) is 5.60. The minimum Gasteiger partial charge on any atom is -0.493 e. The number of nitrogen functional groups attached to an aromatic ring is 1. The van der Waals surface area contributed by atoms with Gasteiger partial charge in [0.15, 0.2) is 0 Å². The predicted molar refractivity (Wildman–Crippen MR) is 90.6 cm³/mol. The van der Waals surface area contributed by atoms with E-state index in [1.807, 2.05) is 24.3 Å². The summed E-state index contributed by atoms with van der Waals surface area (Å²) in [7, 11) is 0. The first-order chi connectivity index (χ1) is 11.6. The molecule has 1 heterocycles. The van der Waals surface area contributed by atoms with Crippen LogP contribution >= 0.6 is 0 Å². The lowest BCUT2D eigenvalue weighted by Crippen LogP contribution is -2.39. The zero-order valence-corrected chi connectivity index (χ0v) is 13.1. The van der Waals surface area contributed by atoms with Gasteiger partial charge in [0.1, 0.15) is 5.75 Å². The highest BCUT2D eigenvalue weighted by Gasteiger charge is 2.22. The smallest absolute Gasteiger partial charge is 0.251 e. The molecule has 0 saturated heterocycles. The first kappa shape index (κ1) is 15.9. The Balaban J connectivity index is 1.55. The number of para-hydroxylation sites is 1. The summed E-state index contributed by atoms with van der Waals surface area (Å²) in [4.78, 5) is 24.1. The van der Waals surface area contributed by atoms with Crippen molar-refractivity contribution in [3.8, 4) is 5.75 Å². The lowest BCUT2D eigenvalue weighted by Gasteiger charge is -2.26. The largest absolute Gasteiger partial charge is 0.493 e. The SMILES string of the molecule is Nc1ccc(C(=O)NCC(=O)N[C@@H]2CCOc3ccccc32)cc1. The summed E-state index contributed by atoms with van der Waals surface area (Å²) in [5.41, 5.74) is 7.60. The molecule has 1 aliphatic rings. The number of carbonyl (C=O) groups is 2. The van der Waals surface area contributed by atoms with Crippen molar-refractivity contribution in [3.05, 3.63) is 59.7 Å². The second kappa shape index (κ2) is 7.04. The molecule has 6 nitrogen and oxygen atoms in total. The van der Waals surface area contributed by atoms with Crippen LogP contribution in [0.15, 0.2) is 48.5 Å². The number of carbonyl (C=O) groups excluding carboxylic acids is 2. The van der Waals surface area contributed by atoms with E-state index >= 15 is 0 Å². The first-order valence-electron chi connectivity index (χ1n) is 7.78. The van der Waals surface area contributed by atoms with Gasteiger partial charge in [-0.2, -0.15) is 0 Å². The minimum atomic E-state index is -0.308. The molecule has 24 heavy (non-hydrogen) atoms. The monoisotopic (exact) mass is 325 g/mol. The molecule has 0 radical (unpaired) electrons. The molecule has 0 unspecified atom stereocenters. The number of hydrogen-bond donors (Lipinski definition) is 3. The van der Waals surface area contributed by atoms with Crippen LogP contribution in [0.3, 0.4) is 0 Å². The van der Waals surface area contributed by atoms with Gasteiger partial charge in [-0.3, -0.25) is 9.59 Å². The maximum atomic E-state index is 12.1. The molecule has 0 aliphatic carbocycles. The van der Waals surface area contributed by atoms with E-state index in [9.17, 15) is 9.59 Å². The van der Waals surface area contributed by atoms with Crippen molar-refractivity contribution in [3.63, 3.8) is 0 Å². The third kappa shape index (κ3) is 3.65. The Morgan fingerprint density at radius 3 is 2.67 bits per heavy atom. The molecule has 0 saturated carbocycles. The van der Waals surface area contributed by atoms with E-state index < -0.39 is 0 Å². The van der Waals surface area contributed by atoms with E-state index in [0.29, 0.717) is 24.3 Å². The number of amides is 2. The number of nitrogens with two attached hydrogens (primary N) is 1. The Kier molecular flexibility index (Phi) is 4.65. The number of nitrogens with one attached hydrogen (secondary N) is 2. The van der Waals surface area contributed by atoms with Crippen molar-refractivity contribution in [1.82, 2.24) is 10.6 Å². The first-order valence-corrected chi connectivity index (χ1v) is 7.78. The van der Waals surface area contributed by atoms with Crippen LogP contribution < -0.4 is 21.1 Å². The summed E-state index contributed by atoms with van der Waals surface area (Å²) in [6, 6.07) is 14.1. The Labute approximate surface area is 140 Å². The number of fused-ring (bicyclic) bond motifs is 1. The van der Waals surface area contributed by atoms with Gasteiger partial charge in [-0.25, -0.2) is 0 Å². The van der Waals surface area contributed by atoms with E-state index in [1.54, 1.807) is 24.3 Å². The van der Waals surface area contributed by atoms with Gasteiger partial charge in [0.05, 0.1) is 19.2 Å². The van der Waals surface area contributed by atoms with Gasteiger partial charge in [-0.1, -0.05) is 18.2 Å². The van der Waals surface area contributed by atoms with Crippen molar-refractivity contribution in [2.24, 2.45) is 0 Å². The van der Waals surface area contributed by atoms with Gasteiger partial charge in [-0.05, 0) is 30.3 Å². The lowest BCUT2D eigenvalue weighted by molar-refractivity contribution is -0.121. The third-order valence-corrected chi connectivity index (χ3v) is 3.88. The average Bonchev–Trinajstić information content (AvgIpc) is 2.61. The molecule has 124 valence electrons. The van der Waals surface area contributed by atoms with Gasteiger partial charge in [0.25, 0.3) is 5.91 Å². The number of ether oxygens (including phenoxy) is 1. The van der Waals surface area contributed by atoms with E-state index in [2.05, 4.69) is 10.6 Å². The number of hydrogen-bond acceptors (Lipinski definition) is 4. The Morgan fingerprint density at radius 2 is 1.88 bits per heavy atom. The Morgan fingerprint density at radius 1 is 1.12 bits per heavy atom. The van der Waals surface area contributed by atoms with E-state index in [4.69, 9.17) is 10.5 Å². The van der Waals surface area contributed by atoms with Crippen LogP contribution in [0.5, 0.6) is 5.75 Å². The molecular formula is C18H19N3O3. The molecule has 0 aromatic heterocycles. The summed E-state index contributed by atoms with van der Waals surface area (Å²) >= 11 is 0. The topological polar surface area (TPSA) is 93.5 Å². The number of benzene rings is 2. The Hall–Kier alpha value is -3.02. The van der Waals surface area contributed by atoms with Crippen molar-refractivity contribution < 1.29 is 14.3 Å². The van der Waals surface area contributed by atoms with E-state index in [1.165, 1.54) is 0 Å². The maximum absolute atomic E-state index is 12.1. The normalized spacial score (nSPS) is 15.8. The van der Waals surface area contributed by atoms with Gasteiger partial charge in [-0.15, -0.1) is 0 Å². The molecule has 1 aliphatic heterocycles. The highest BCUT2D eigenvalue weighted by atomic mass is 16.5. The second-order valence-corrected chi connectivity index (χ2v) is 5.60. The quantitative estimate of drug-likeness (QED) is 0.745. The molecule has 0 spiro atoms. The van der Waals surface area contributed by atoms with Gasteiger partial charge in [0, 0.05) is 23.2 Å². The molecule has 3 rings (SSSR count). The van der Waals surface area contributed by atoms with Gasteiger partial charge >= 0.3 is 0 Å². The molecule has 0 fully saturated rings. The summed E-state index contributed by atoms with van der Waals surface area (Å²) in [5, 5.41) is 5.55. The highest BCUT2D eigenvalue weighted by Crippen LogP contribution is 2.31. The van der Waals surface area contributed by atoms with Crippen LogP contribution in [0.2, 0.25) is 0 Å². The van der Waals surface area contributed by atoms with Crippen molar-refractivity contribution in [1.29, 1.82) is 0 Å². The number of rotatable bonds is 4. The zero-order valence-electron chi connectivity index (χ0n) is 13.1. The van der Waals surface area contributed by atoms with E-state index in [-0.39, 0.29) is 24.4 Å². The fourth-order valence-corrected chi connectivity index (χ4v) is 2.63. The van der Waals surface area contributed by atoms with Crippen LogP contribution in [0.4, 0.5) is 5.69 Å². The summed E-state index contributed by atoms with van der Waals surface area (Å²) in [5.74, 6) is 0.248. The minimum absolute atomic E-state index is 0.0806. The molecule has 6 heteroatoms.